The number of anilines is 1. The van der Waals surface area contributed by atoms with Gasteiger partial charge in [0.1, 0.15) is 6.04 Å². The molecular weight excluding hydrogens is 500 g/mol. The molecule has 1 atom stereocenters. The number of benzene rings is 3. The number of halogens is 5. The van der Waals surface area contributed by atoms with Crippen molar-refractivity contribution in [2.45, 2.75) is 23.5 Å². The Hall–Kier alpha value is -2.59. The van der Waals surface area contributed by atoms with Gasteiger partial charge in [-0.2, -0.15) is 17.9 Å². The zero-order valence-electron chi connectivity index (χ0n) is 16.7. The summed E-state index contributed by atoms with van der Waals surface area (Å²) in [5, 5.41) is 2.33. The Kier molecular flexibility index (Phi) is 7.69. The summed E-state index contributed by atoms with van der Waals surface area (Å²) in [6.45, 7) is 0. The lowest BCUT2D eigenvalue weighted by atomic mass is 10.1. The van der Waals surface area contributed by atoms with Gasteiger partial charge in [0.25, 0.3) is 0 Å². The molecule has 1 amide bonds. The van der Waals surface area contributed by atoms with Crippen molar-refractivity contribution in [2.75, 3.05) is 5.32 Å². The van der Waals surface area contributed by atoms with Crippen molar-refractivity contribution in [1.29, 1.82) is 0 Å². The highest BCUT2D eigenvalue weighted by molar-refractivity contribution is 7.89. The predicted octanol–water partition coefficient (Wildman–Crippen LogP) is 5.54. The van der Waals surface area contributed by atoms with Crippen LogP contribution in [0.2, 0.25) is 10.0 Å². The van der Waals surface area contributed by atoms with Gasteiger partial charge in [0.05, 0.1) is 16.1 Å². The standard InChI is InChI=1S/C22H17Cl2F3N2O3S/c23-15-6-9-17(10-7-15)33(31,32)29-20(12-14-4-2-1-3-5-14)21(30)28-19-11-8-16(24)13-18(19)22(25,26)27/h1-11,13,20,29H,12H2,(H,28,30)/t20-/m1/s1. The third-order valence-corrected chi connectivity index (χ3v) is 6.54. The van der Waals surface area contributed by atoms with Crippen molar-refractivity contribution in [2.24, 2.45) is 0 Å². The van der Waals surface area contributed by atoms with Gasteiger partial charge < -0.3 is 5.32 Å². The van der Waals surface area contributed by atoms with Crippen LogP contribution in [-0.2, 0) is 27.4 Å². The number of sulfonamides is 1. The monoisotopic (exact) mass is 516 g/mol. The number of alkyl halides is 3. The fourth-order valence-electron chi connectivity index (χ4n) is 2.99. The Balaban J connectivity index is 1.93. The van der Waals surface area contributed by atoms with E-state index >= 15 is 0 Å². The Morgan fingerprint density at radius 1 is 0.909 bits per heavy atom. The smallest absolute Gasteiger partial charge is 0.324 e. The number of rotatable bonds is 7. The van der Waals surface area contributed by atoms with Crippen LogP contribution >= 0.6 is 23.2 Å². The number of amides is 1. The number of hydrogen-bond acceptors (Lipinski definition) is 3. The van der Waals surface area contributed by atoms with Gasteiger partial charge in [0.15, 0.2) is 0 Å². The maximum atomic E-state index is 13.4. The molecule has 33 heavy (non-hydrogen) atoms. The summed E-state index contributed by atoms with van der Waals surface area (Å²) in [5.41, 5.74) is -1.09. The van der Waals surface area contributed by atoms with E-state index in [4.69, 9.17) is 23.2 Å². The molecule has 3 aromatic rings. The van der Waals surface area contributed by atoms with E-state index in [0.717, 1.165) is 6.07 Å². The van der Waals surface area contributed by atoms with E-state index in [2.05, 4.69) is 10.0 Å². The first kappa shape index (κ1) is 25.0. The Morgan fingerprint density at radius 2 is 1.52 bits per heavy atom. The second kappa shape index (κ2) is 10.1. The molecule has 0 spiro atoms. The van der Waals surface area contributed by atoms with Gasteiger partial charge >= 0.3 is 6.18 Å². The fraction of sp³-hybridized carbons (Fsp3) is 0.136. The molecule has 5 nitrogen and oxygen atoms in total. The highest BCUT2D eigenvalue weighted by atomic mass is 35.5. The molecular formula is C22H17Cl2F3N2O3S. The first-order valence-corrected chi connectivity index (χ1v) is 11.7. The largest absolute Gasteiger partial charge is 0.418 e. The predicted molar refractivity (Wildman–Crippen MR) is 121 cm³/mol. The normalized spacial score (nSPS) is 12.9. The molecule has 0 bridgehead atoms. The average Bonchev–Trinajstić information content (AvgIpc) is 2.74. The minimum atomic E-state index is -4.79. The van der Waals surface area contributed by atoms with Gasteiger partial charge in [-0.15, -0.1) is 0 Å². The van der Waals surface area contributed by atoms with E-state index in [-0.39, 0.29) is 16.3 Å². The van der Waals surface area contributed by atoms with Gasteiger partial charge in [-0.25, -0.2) is 8.42 Å². The first-order chi connectivity index (χ1) is 15.5. The molecule has 0 saturated carbocycles. The number of hydrogen-bond donors (Lipinski definition) is 2. The lowest BCUT2D eigenvalue weighted by molar-refractivity contribution is -0.137. The minimum absolute atomic E-state index is 0.103. The molecule has 0 radical (unpaired) electrons. The number of carbonyl (C=O) groups is 1. The van der Waals surface area contributed by atoms with Crippen LogP contribution in [-0.4, -0.2) is 20.4 Å². The summed E-state index contributed by atoms with van der Waals surface area (Å²) < 4.78 is 68.2. The number of carbonyl (C=O) groups excluding carboxylic acids is 1. The van der Waals surface area contributed by atoms with Crippen molar-refractivity contribution in [1.82, 2.24) is 4.72 Å². The van der Waals surface area contributed by atoms with E-state index in [9.17, 15) is 26.4 Å². The summed E-state index contributed by atoms with van der Waals surface area (Å²) in [5.74, 6) is -0.968. The zero-order valence-corrected chi connectivity index (χ0v) is 19.1. The van der Waals surface area contributed by atoms with Crippen LogP contribution in [0.4, 0.5) is 18.9 Å². The quantitative estimate of drug-likeness (QED) is 0.432. The van der Waals surface area contributed by atoms with Gasteiger partial charge in [-0.05, 0) is 54.4 Å². The molecule has 3 aromatic carbocycles. The summed E-state index contributed by atoms with van der Waals surface area (Å²) in [4.78, 5) is 12.8. The second-order valence-electron chi connectivity index (χ2n) is 6.99. The second-order valence-corrected chi connectivity index (χ2v) is 9.58. The summed E-state index contributed by atoms with van der Waals surface area (Å²) in [6, 6.07) is 15.2. The molecule has 3 rings (SSSR count). The number of nitrogens with one attached hydrogen (secondary N) is 2. The molecule has 0 unspecified atom stereocenters. The van der Waals surface area contributed by atoms with E-state index in [0.29, 0.717) is 16.7 Å². The third kappa shape index (κ3) is 6.70. The lowest BCUT2D eigenvalue weighted by Crippen LogP contribution is -2.45. The van der Waals surface area contributed by atoms with Gasteiger partial charge in [-0.3, -0.25) is 4.79 Å². The molecule has 0 aliphatic heterocycles. The molecule has 11 heteroatoms. The topological polar surface area (TPSA) is 75.3 Å². The highest BCUT2D eigenvalue weighted by Crippen LogP contribution is 2.36. The Morgan fingerprint density at radius 3 is 2.12 bits per heavy atom. The van der Waals surface area contributed by atoms with Crippen LogP contribution in [0, 0.1) is 0 Å². The van der Waals surface area contributed by atoms with E-state index in [1.54, 1.807) is 30.3 Å². The molecule has 0 aliphatic rings. The van der Waals surface area contributed by atoms with E-state index in [1.807, 2.05) is 0 Å². The van der Waals surface area contributed by atoms with Gasteiger partial charge in [0.2, 0.25) is 15.9 Å². The van der Waals surface area contributed by atoms with Crippen molar-refractivity contribution in [3.05, 3.63) is 94.0 Å². The van der Waals surface area contributed by atoms with Crippen molar-refractivity contribution >= 4 is 44.8 Å². The molecule has 0 aromatic heterocycles. The Labute approximate surface area is 198 Å². The summed E-state index contributed by atoms with van der Waals surface area (Å²) in [7, 11) is -4.19. The molecule has 0 fully saturated rings. The highest BCUT2D eigenvalue weighted by Gasteiger charge is 2.35. The maximum absolute atomic E-state index is 13.4. The summed E-state index contributed by atoms with van der Waals surface area (Å²) in [6.07, 6.45) is -4.89. The molecule has 0 heterocycles. The Bertz CT molecular complexity index is 1240. The van der Waals surface area contributed by atoms with Crippen molar-refractivity contribution in [3.63, 3.8) is 0 Å². The molecule has 0 saturated heterocycles. The summed E-state index contributed by atoms with van der Waals surface area (Å²) >= 11 is 11.5. The van der Waals surface area contributed by atoms with Crippen molar-refractivity contribution in [3.8, 4) is 0 Å². The first-order valence-electron chi connectivity index (χ1n) is 9.45. The van der Waals surface area contributed by atoms with Crippen LogP contribution < -0.4 is 10.0 Å². The SMILES string of the molecule is O=C(Nc1ccc(Cl)cc1C(F)(F)F)[C@@H](Cc1ccccc1)NS(=O)(=O)c1ccc(Cl)cc1. The van der Waals surface area contributed by atoms with Crippen LogP contribution in [0.25, 0.3) is 0 Å². The van der Waals surface area contributed by atoms with Gasteiger partial charge in [0, 0.05) is 10.0 Å². The third-order valence-electron chi connectivity index (χ3n) is 4.57. The average molecular weight is 517 g/mol. The minimum Gasteiger partial charge on any atom is -0.324 e. The molecule has 0 aliphatic carbocycles. The van der Waals surface area contributed by atoms with Crippen LogP contribution in [0.15, 0.2) is 77.7 Å². The van der Waals surface area contributed by atoms with Gasteiger partial charge in [-0.1, -0.05) is 53.5 Å². The maximum Gasteiger partial charge on any atom is 0.418 e. The van der Waals surface area contributed by atoms with Crippen LogP contribution in [0.5, 0.6) is 0 Å². The zero-order chi connectivity index (χ0) is 24.2. The van der Waals surface area contributed by atoms with E-state index < -0.39 is 39.4 Å². The van der Waals surface area contributed by atoms with E-state index in [1.165, 1.54) is 30.3 Å². The van der Waals surface area contributed by atoms with Crippen LogP contribution in [0.1, 0.15) is 11.1 Å². The molecule has 2 N–H and O–H groups in total. The molecule has 174 valence electrons. The lowest BCUT2D eigenvalue weighted by Gasteiger charge is -2.20. The van der Waals surface area contributed by atoms with Crippen molar-refractivity contribution < 1.29 is 26.4 Å². The van der Waals surface area contributed by atoms with Crippen LogP contribution in [0.3, 0.4) is 0 Å². The fourth-order valence-corrected chi connectivity index (χ4v) is 4.48.